The molecule has 1 amide bonds. The predicted molar refractivity (Wildman–Crippen MR) is 153 cm³/mol. The Kier molecular flexibility index (Phi) is 9.60. The third-order valence-electron chi connectivity index (χ3n) is 8.21. The van der Waals surface area contributed by atoms with E-state index in [-0.39, 0.29) is 18.3 Å². The second-order valence-electron chi connectivity index (χ2n) is 11.3. The molecule has 1 aliphatic heterocycles. The first-order valence-corrected chi connectivity index (χ1v) is 15.5. The predicted octanol–water partition coefficient (Wildman–Crippen LogP) is 5.43. The summed E-state index contributed by atoms with van der Waals surface area (Å²) in [7, 11) is -3.29. The number of anilines is 1. The van der Waals surface area contributed by atoms with Crippen LogP contribution in [0, 0.1) is 23.7 Å². The lowest BCUT2D eigenvalue weighted by Crippen LogP contribution is -2.35. The number of fused-ring (bicyclic) bond motifs is 1. The summed E-state index contributed by atoms with van der Waals surface area (Å²) in [6.45, 7) is 3.94. The van der Waals surface area contributed by atoms with Gasteiger partial charge in [0, 0.05) is 37.8 Å². The topological polar surface area (TPSA) is 87.7 Å². The number of nitrogens with zero attached hydrogens (tertiary/aromatic N) is 1. The van der Waals surface area contributed by atoms with E-state index in [0.29, 0.717) is 35.1 Å². The van der Waals surface area contributed by atoms with E-state index < -0.39 is 10.0 Å². The first kappa shape index (κ1) is 28.7. The van der Waals surface area contributed by atoms with Crippen molar-refractivity contribution in [3.63, 3.8) is 0 Å². The largest absolute Gasteiger partial charge is 0.457 e. The standard InChI is InChI=1S/C29H39N3O4S.ClH/c1-37(34,35)31-26-9-13-28(14-10-26)36-27-11-7-22(8-12-27)18-32-19-24-15-23(16-25(24)20-32)29(33)30-17-21-5-3-2-4-6-21;/h7-14,21,23-25,31H,2-6,15-20H2,1H3,(H,30,33);1H. The van der Waals surface area contributed by atoms with Crippen LogP contribution in [0.4, 0.5) is 5.69 Å². The number of hydrogen-bond acceptors (Lipinski definition) is 5. The fourth-order valence-corrected chi connectivity index (χ4v) is 6.95. The Morgan fingerprint density at radius 2 is 1.50 bits per heavy atom. The van der Waals surface area contributed by atoms with Crippen LogP contribution in [-0.4, -0.2) is 45.1 Å². The van der Waals surface area contributed by atoms with Crippen molar-refractivity contribution in [3.05, 3.63) is 54.1 Å². The van der Waals surface area contributed by atoms with Crippen molar-refractivity contribution in [3.8, 4) is 11.5 Å². The third-order valence-corrected chi connectivity index (χ3v) is 8.82. The molecule has 3 aliphatic rings. The van der Waals surface area contributed by atoms with Crippen LogP contribution in [0.5, 0.6) is 11.5 Å². The van der Waals surface area contributed by atoms with Crippen molar-refractivity contribution < 1.29 is 17.9 Å². The molecule has 9 heteroatoms. The van der Waals surface area contributed by atoms with Gasteiger partial charge < -0.3 is 10.1 Å². The maximum absolute atomic E-state index is 12.8. The van der Waals surface area contributed by atoms with E-state index in [9.17, 15) is 13.2 Å². The number of carbonyl (C=O) groups is 1. The van der Waals surface area contributed by atoms with Crippen LogP contribution in [-0.2, 0) is 21.4 Å². The number of benzene rings is 2. The minimum Gasteiger partial charge on any atom is -0.457 e. The number of likely N-dealkylation sites (tertiary alicyclic amines) is 1. The quantitative estimate of drug-likeness (QED) is 0.426. The van der Waals surface area contributed by atoms with Crippen LogP contribution < -0.4 is 14.8 Å². The number of sulfonamides is 1. The second kappa shape index (κ2) is 12.7. The van der Waals surface area contributed by atoms with E-state index in [2.05, 4.69) is 27.1 Å². The van der Waals surface area contributed by atoms with Gasteiger partial charge in [-0.1, -0.05) is 31.4 Å². The molecule has 0 aromatic heterocycles. The van der Waals surface area contributed by atoms with Crippen molar-refractivity contribution in [2.24, 2.45) is 23.7 Å². The van der Waals surface area contributed by atoms with E-state index in [4.69, 9.17) is 4.74 Å². The van der Waals surface area contributed by atoms with Crippen LogP contribution in [0.25, 0.3) is 0 Å². The summed E-state index contributed by atoms with van der Waals surface area (Å²) in [4.78, 5) is 15.3. The zero-order chi connectivity index (χ0) is 25.8. The van der Waals surface area contributed by atoms with Crippen molar-refractivity contribution in [1.29, 1.82) is 0 Å². The number of amides is 1. The molecule has 2 aromatic rings. The van der Waals surface area contributed by atoms with E-state index >= 15 is 0 Å². The van der Waals surface area contributed by atoms with E-state index in [1.165, 1.54) is 37.7 Å². The van der Waals surface area contributed by atoms with Gasteiger partial charge in [0.2, 0.25) is 15.9 Å². The molecule has 0 bridgehead atoms. The monoisotopic (exact) mass is 561 g/mol. The average molecular weight is 562 g/mol. The van der Waals surface area contributed by atoms with Crippen LogP contribution >= 0.6 is 12.4 Å². The molecule has 0 radical (unpaired) electrons. The van der Waals surface area contributed by atoms with E-state index in [1.807, 2.05) is 12.1 Å². The Morgan fingerprint density at radius 1 is 0.921 bits per heavy atom. The van der Waals surface area contributed by atoms with Gasteiger partial charge in [-0.05, 0) is 85.4 Å². The lowest BCUT2D eigenvalue weighted by Gasteiger charge is -2.23. The van der Waals surface area contributed by atoms with E-state index in [1.54, 1.807) is 24.3 Å². The maximum atomic E-state index is 12.8. The zero-order valence-electron chi connectivity index (χ0n) is 22.1. The van der Waals surface area contributed by atoms with Gasteiger partial charge in [-0.25, -0.2) is 8.42 Å². The summed E-state index contributed by atoms with van der Waals surface area (Å²) in [5.74, 6) is 3.85. The summed E-state index contributed by atoms with van der Waals surface area (Å²) in [6, 6.07) is 15.0. The van der Waals surface area contributed by atoms with Crippen LogP contribution in [0.15, 0.2) is 48.5 Å². The highest BCUT2D eigenvalue weighted by atomic mass is 35.5. The summed E-state index contributed by atoms with van der Waals surface area (Å²) in [6.07, 6.45) is 9.73. The van der Waals surface area contributed by atoms with Gasteiger partial charge in [-0.15, -0.1) is 12.4 Å². The Labute approximate surface area is 233 Å². The molecule has 38 heavy (non-hydrogen) atoms. The van der Waals surface area contributed by atoms with Gasteiger partial charge in [-0.3, -0.25) is 14.4 Å². The molecule has 5 rings (SSSR count). The summed E-state index contributed by atoms with van der Waals surface area (Å²) in [5.41, 5.74) is 1.76. The van der Waals surface area contributed by atoms with Gasteiger partial charge in [-0.2, -0.15) is 0 Å². The molecule has 7 nitrogen and oxygen atoms in total. The molecular formula is C29H40ClN3O4S. The van der Waals surface area contributed by atoms with Crippen molar-refractivity contribution in [2.45, 2.75) is 51.5 Å². The molecule has 2 aliphatic carbocycles. The third kappa shape index (κ3) is 7.87. The Hall–Kier alpha value is -2.29. The number of carbonyl (C=O) groups excluding carboxylic acids is 1. The molecule has 1 heterocycles. The van der Waals surface area contributed by atoms with Gasteiger partial charge in [0.1, 0.15) is 11.5 Å². The van der Waals surface area contributed by atoms with Crippen LogP contribution in [0.2, 0.25) is 0 Å². The minimum absolute atomic E-state index is 0. The normalized spacial score (nSPS) is 23.9. The molecule has 2 aromatic carbocycles. The van der Waals surface area contributed by atoms with Gasteiger partial charge in [0.05, 0.1) is 6.26 Å². The molecule has 2 N–H and O–H groups in total. The summed E-state index contributed by atoms with van der Waals surface area (Å²) < 4.78 is 31.0. The number of hydrogen-bond donors (Lipinski definition) is 2. The van der Waals surface area contributed by atoms with Crippen molar-refractivity contribution in [2.75, 3.05) is 30.6 Å². The zero-order valence-corrected chi connectivity index (χ0v) is 23.7. The fourth-order valence-electron chi connectivity index (χ4n) is 6.38. The number of rotatable bonds is 9. The Morgan fingerprint density at radius 3 is 2.08 bits per heavy atom. The van der Waals surface area contributed by atoms with Crippen LogP contribution in [0.1, 0.15) is 50.5 Å². The average Bonchev–Trinajstić information content (AvgIpc) is 3.44. The lowest BCUT2D eigenvalue weighted by atomic mass is 9.89. The highest BCUT2D eigenvalue weighted by Gasteiger charge is 2.43. The Balaban J connectivity index is 0.00000336. The fraction of sp³-hybridized carbons (Fsp3) is 0.552. The summed E-state index contributed by atoms with van der Waals surface area (Å²) >= 11 is 0. The molecule has 3 fully saturated rings. The molecule has 2 unspecified atom stereocenters. The minimum atomic E-state index is -3.29. The highest BCUT2D eigenvalue weighted by Crippen LogP contribution is 2.42. The molecule has 2 saturated carbocycles. The maximum Gasteiger partial charge on any atom is 0.229 e. The van der Waals surface area contributed by atoms with Crippen molar-refractivity contribution in [1.82, 2.24) is 10.2 Å². The number of nitrogens with one attached hydrogen (secondary N) is 2. The van der Waals surface area contributed by atoms with E-state index in [0.717, 1.165) is 51.0 Å². The van der Waals surface area contributed by atoms with Gasteiger partial charge in [0.15, 0.2) is 0 Å². The smallest absolute Gasteiger partial charge is 0.229 e. The first-order valence-electron chi connectivity index (χ1n) is 13.7. The number of halogens is 1. The SMILES string of the molecule is CS(=O)(=O)Nc1ccc(Oc2ccc(CN3CC4CC(C(=O)NCC5CCCCC5)CC4C3)cc2)cc1.Cl. The Bertz CT molecular complexity index is 1150. The lowest BCUT2D eigenvalue weighted by molar-refractivity contribution is -0.125. The van der Waals surface area contributed by atoms with Crippen molar-refractivity contribution >= 4 is 34.0 Å². The molecule has 2 atom stereocenters. The van der Waals surface area contributed by atoms with Gasteiger partial charge in [0.25, 0.3) is 0 Å². The highest BCUT2D eigenvalue weighted by molar-refractivity contribution is 7.92. The number of ether oxygens (including phenoxy) is 1. The molecule has 0 spiro atoms. The molecule has 1 saturated heterocycles. The first-order chi connectivity index (χ1) is 17.8. The van der Waals surface area contributed by atoms with Gasteiger partial charge >= 0.3 is 0 Å². The second-order valence-corrected chi connectivity index (χ2v) is 13.0. The summed E-state index contributed by atoms with van der Waals surface area (Å²) in [5, 5.41) is 3.28. The molecule has 208 valence electrons. The molecular weight excluding hydrogens is 522 g/mol. The van der Waals surface area contributed by atoms with Crippen LogP contribution in [0.3, 0.4) is 0 Å².